The van der Waals surface area contributed by atoms with Gasteiger partial charge in [0, 0.05) is 6.20 Å². The minimum Gasteiger partial charge on any atom is -0.478 e. The maximum Gasteiger partial charge on any atom is 0.340 e. The Kier molecular flexibility index (Phi) is 1.51. The van der Waals surface area contributed by atoms with Crippen molar-refractivity contribution in [1.82, 2.24) is 9.97 Å². The first-order chi connectivity index (χ1) is 6.20. The Hall–Kier alpha value is -1.91. The lowest BCUT2D eigenvalue weighted by Gasteiger charge is -1.97. The summed E-state index contributed by atoms with van der Waals surface area (Å²) < 4.78 is 13.0. The highest BCUT2D eigenvalue weighted by molar-refractivity contribution is 6.00. The number of aromatic amines is 1. The fourth-order valence-electron chi connectivity index (χ4n) is 1.19. The van der Waals surface area contributed by atoms with Crippen LogP contribution in [-0.4, -0.2) is 21.0 Å². The van der Waals surface area contributed by atoms with Crippen molar-refractivity contribution in [2.75, 3.05) is 0 Å². The van der Waals surface area contributed by atoms with Crippen molar-refractivity contribution in [1.29, 1.82) is 0 Å². The van der Waals surface area contributed by atoms with Crippen LogP contribution in [0.25, 0.3) is 11.0 Å². The predicted molar refractivity (Wildman–Crippen MR) is 43.0 cm³/mol. The van der Waals surface area contributed by atoms with Crippen LogP contribution in [0.3, 0.4) is 0 Å². The van der Waals surface area contributed by atoms with E-state index in [4.69, 9.17) is 5.11 Å². The number of carbonyl (C=O) groups is 1. The second-order valence-electron chi connectivity index (χ2n) is 2.52. The van der Waals surface area contributed by atoms with Gasteiger partial charge in [-0.2, -0.15) is 0 Å². The van der Waals surface area contributed by atoms with Crippen LogP contribution in [0, 0.1) is 5.82 Å². The Labute approximate surface area is 72.0 Å². The molecule has 2 rings (SSSR count). The maximum absolute atomic E-state index is 13.0. The van der Waals surface area contributed by atoms with Crippen LogP contribution >= 0.6 is 0 Å². The number of rotatable bonds is 1. The zero-order valence-electron chi connectivity index (χ0n) is 6.41. The van der Waals surface area contributed by atoms with Gasteiger partial charge < -0.3 is 10.1 Å². The number of nitrogens with one attached hydrogen (secondary N) is 1. The molecule has 0 saturated heterocycles. The third-order valence-electron chi connectivity index (χ3n) is 1.74. The van der Waals surface area contributed by atoms with E-state index in [0.717, 1.165) is 6.20 Å². The summed E-state index contributed by atoms with van der Waals surface area (Å²) in [6, 6.07) is 1.58. The highest BCUT2D eigenvalue weighted by Crippen LogP contribution is 2.17. The number of H-pyrrole nitrogens is 1. The lowest BCUT2D eigenvalue weighted by Crippen LogP contribution is -2.02. The number of halogens is 1. The van der Waals surface area contributed by atoms with Crippen LogP contribution in [0.1, 0.15) is 10.4 Å². The van der Waals surface area contributed by atoms with E-state index < -0.39 is 11.8 Å². The molecule has 2 aromatic heterocycles. The van der Waals surface area contributed by atoms with Gasteiger partial charge in [-0.25, -0.2) is 9.18 Å². The number of carboxylic acid groups (broad SMARTS) is 1. The number of hydrogen-bond donors (Lipinski definition) is 2. The molecule has 0 aromatic carbocycles. The Morgan fingerprint density at radius 1 is 1.62 bits per heavy atom. The number of fused-ring (bicyclic) bond motifs is 1. The van der Waals surface area contributed by atoms with Crippen molar-refractivity contribution in [3.63, 3.8) is 0 Å². The van der Waals surface area contributed by atoms with E-state index in [9.17, 15) is 9.18 Å². The minimum absolute atomic E-state index is 0.215. The van der Waals surface area contributed by atoms with Crippen molar-refractivity contribution in [3.8, 4) is 0 Å². The molecule has 4 nitrogen and oxygen atoms in total. The molecule has 5 heteroatoms. The number of hydrogen-bond acceptors (Lipinski definition) is 2. The molecule has 0 saturated carbocycles. The number of aromatic nitrogens is 2. The summed E-state index contributed by atoms with van der Waals surface area (Å²) in [5, 5.41) is 8.69. The van der Waals surface area contributed by atoms with E-state index in [1.165, 1.54) is 6.20 Å². The number of carboxylic acids is 1. The summed E-state index contributed by atoms with van der Waals surface area (Å²) >= 11 is 0. The average Bonchev–Trinajstić information content (AvgIpc) is 2.50. The maximum atomic E-state index is 13.0. The van der Waals surface area contributed by atoms with Gasteiger partial charge in [0.05, 0.1) is 17.2 Å². The molecule has 0 atom stereocenters. The molecule has 0 bridgehead atoms. The number of nitrogens with zero attached hydrogens (tertiary/aromatic N) is 1. The van der Waals surface area contributed by atoms with Gasteiger partial charge in [0.1, 0.15) is 5.56 Å². The first kappa shape index (κ1) is 7.72. The van der Waals surface area contributed by atoms with E-state index in [1.54, 1.807) is 6.07 Å². The van der Waals surface area contributed by atoms with Crippen LogP contribution < -0.4 is 0 Å². The molecular weight excluding hydrogens is 175 g/mol. The molecule has 2 aromatic rings. The minimum atomic E-state index is -1.30. The molecule has 13 heavy (non-hydrogen) atoms. The van der Waals surface area contributed by atoms with E-state index in [2.05, 4.69) is 9.97 Å². The molecule has 2 heterocycles. The number of aromatic carboxylic acids is 1. The van der Waals surface area contributed by atoms with Crippen LogP contribution in [0.2, 0.25) is 0 Å². The third kappa shape index (κ3) is 1.05. The summed E-state index contributed by atoms with van der Waals surface area (Å²) in [6.45, 7) is 0. The summed E-state index contributed by atoms with van der Waals surface area (Å²) in [4.78, 5) is 17.0. The standard InChI is InChI=1S/C8H5FN2O2/c9-4-3-11-5-1-2-10-7(5)6(4)8(12)13/h1-3,10H,(H,12,13). The van der Waals surface area contributed by atoms with Gasteiger partial charge in [0.2, 0.25) is 0 Å². The van der Waals surface area contributed by atoms with Crippen LogP contribution in [0.5, 0.6) is 0 Å². The molecule has 0 unspecified atom stereocenters. The molecule has 0 spiro atoms. The molecule has 0 aliphatic carbocycles. The topological polar surface area (TPSA) is 66.0 Å². The quantitative estimate of drug-likeness (QED) is 0.697. The predicted octanol–water partition coefficient (Wildman–Crippen LogP) is 1.40. The van der Waals surface area contributed by atoms with E-state index >= 15 is 0 Å². The van der Waals surface area contributed by atoms with Gasteiger partial charge in [-0.15, -0.1) is 0 Å². The molecule has 0 amide bonds. The Bertz CT molecular complexity index is 478. The van der Waals surface area contributed by atoms with Crippen LogP contribution in [-0.2, 0) is 0 Å². The Balaban J connectivity index is 2.88. The van der Waals surface area contributed by atoms with Gasteiger partial charge in [-0.1, -0.05) is 0 Å². The van der Waals surface area contributed by atoms with Crippen molar-refractivity contribution in [2.24, 2.45) is 0 Å². The highest BCUT2D eigenvalue weighted by atomic mass is 19.1. The van der Waals surface area contributed by atoms with Gasteiger partial charge in [-0.3, -0.25) is 4.98 Å². The zero-order valence-corrected chi connectivity index (χ0v) is 6.41. The molecular formula is C8H5FN2O2. The Morgan fingerprint density at radius 2 is 2.38 bits per heavy atom. The largest absolute Gasteiger partial charge is 0.478 e. The fraction of sp³-hybridized carbons (Fsp3) is 0. The van der Waals surface area contributed by atoms with Crippen molar-refractivity contribution in [3.05, 3.63) is 29.8 Å². The molecule has 0 aliphatic rings. The second-order valence-corrected chi connectivity index (χ2v) is 2.52. The summed E-state index contributed by atoms with van der Waals surface area (Å²) in [6.07, 6.45) is 2.42. The first-order valence-corrected chi connectivity index (χ1v) is 3.55. The van der Waals surface area contributed by atoms with Crippen molar-refractivity contribution in [2.45, 2.75) is 0 Å². The normalized spacial score (nSPS) is 10.5. The van der Waals surface area contributed by atoms with E-state index in [1.807, 2.05) is 0 Å². The fourth-order valence-corrected chi connectivity index (χ4v) is 1.19. The van der Waals surface area contributed by atoms with Crippen LogP contribution in [0.15, 0.2) is 18.5 Å². The SMILES string of the molecule is O=C(O)c1c(F)cnc2cc[nH]c12. The molecule has 0 radical (unpaired) electrons. The van der Waals surface area contributed by atoms with Crippen molar-refractivity contribution < 1.29 is 14.3 Å². The smallest absolute Gasteiger partial charge is 0.340 e. The van der Waals surface area contributed by atoms with Gasteiger partial charge in [0.15, 0.2) is 5.82 Å². The highest BCUT2D eigenvalue weighted by Gasteiger charge is 2.15. The summed E-state index contributed by atoms with van der Waals surface area (Å²) in [5.41, 5.74) is 0.293. The monoisotopic (exact) mass is 180 g/mol. The molecule has 0 fully saturated rings. The number of pyridine rings is 1. The third-order valence-corrected chi connectivity index (χ3v) is 1.74. The Morgan fingerprint density at radius 3 is 3.08 bits per heavy atom. The average molecular weight is 180 g/mol. The second kappa shape index (κ2) is 2.55. The zero-order chi connectivity index (χ0) is 9.42. The first-order valence-electron chi connectivity index (χ1n) is 3.55. The van der Waals surface area contributed by atoms with Crippen LogP contribution in [0.4, 0.5) is 4.39 Å². The molecule has 2 N–H and O–H groups in total. The molecule has 0 aliphatic heterocycles. The van der Waals surface area contributed by atoms with E-state index in [-0.39, 0.29) is 11.1 Å². The van der Waals surface area contributed by atoms with Gasteiger partial charge in [0.25, 0.3) is 0 Å². The van der Waals surface area contributed by atoms with Gasteiger partial charge in [-0.05, 0) is 6.07 Å². The summed E-state index contributed by atoms with van der Waals surface area (Å²) in [5.74, 6) is -2.13. The van der Waals surface area contributed by atoms with E-state index in [0.29, 0.717) is 5.52 Å². The molecule has 66 valence electrons. The van der Waals surface area contributed by atoms with Crippen molar-refractivity contribution >= 4 is 17.0 Å². The lowest BCUT2D eigenvalue weighted by molar-refractivity contribution is 0.0694. The lowest BCUT2D eigenvalue weighted by atomic mass is 10.2. The summed E-state index contributed by atoms with van der Waals surface area (Å²) in [7, 11) is 0. The van der Waals surface area contributed by atoms with Gasteiger partial charge >= 0.3 is 5.97 Å².